The fourth-order valence-corrected chi connectivity index (χ4v) is 2.24. The van der Waals surface area contributed by atoms with Gasteiger partial charge >= 0.3 is 0 Å². The number of amides is 1. The minimum atomic E-state index is -0.305. The molecule has 1 amide bonds. The summed E-state index contributed by atoms with van der Waals surface area (Å²) in [6.07, 6.45) is 1.61. The summed E-state index contributed by atoms with van der Waals surface area (Å²) in [5, 5.41) is 10.8. The number of hydrogen-bond donors (Lipinski definition) is 1. The van der Waals surface area contributed by atoms with Crippen LogP contribution in [0.1, 0.15) is 23.0 Å². The summed E-state index contributed by atoms with van der Waals surface area (Å²) in [4.78, 5) is 12.4. The Morgan fingerprint density at radius 1 is 1.12 bits per heavy atom. The first kappa shape index (κ1) is 15.9. The van der Waals surface area contributed by atoms with Crippen molar-refractivity contribution in [3.63, 3.8) is 0 Å². The third-order valence-electron chi connectivity index (χ3n) is 3.47. The molecule has 0 saturated heterocycles. The van der Waals surface area contributed by atoms with Crippen LogP contribution in [0.3, 0.4) is 0 Å². The molecule has 1 heterocycles. The maximum Gasteiger partial charge on any atom is 0.277 e. The zero-order valence-corrected chi connectivity index (χ0v) is 13.3. The Morgan fingerprint density at radius 3 is 2.67 bits per heavy atom. The molecule has 6 nitrogen and oxygen atoms in total. The number of anilines is 1. The number of hydrogen-bond acceptors (Lipinski definition) is 4. The fraction of sp³-hybridized carbons (Fsp3) is 0.167. The zero-order valence-electron chi connectivity index (χ0n) is 13.3. The van der Waals surface area contributed by atoms with Crippen LogP contribution in [0.5, 0.6) is 0 Å². The van der Waals surface area contributed by atoms with Crippen molar-refractivity contribution in [1.29, 1.82) is 0 Å². The summed E-state index contributed by atoms with van der Waals surface area (Å²) in [5.74, 6) is -0.305. The van der Waals surface area contributed by atoms with Crippen LogP contribution in [0.4, 0.5) is 5.69 Å². The first-order valence-corrected chi connectivity index (χ1v) is 7.72. The van der Waals surface area contributed by atoms with Crippen LogP contribution in [0.15, 0.2) is 60.8 Å². The van der Waals surface area contributed by atoms with E-state index in [1.807, 2.05) is 61.5 Å². The number of carbonyl (C=O) groups is 1. The van der Waals surface area contributed by atoms with Gasteiger partial charge in [-0.25, -0.2) is 4.68 Å². The molecule has 0 aliphatic heterocycles. The normalized spacial score (nSPS) is 10.5. The molecule has 1 aromatic heterocycles. The van der Waals surface area contributed by atoms with E-state index in [2.05, 4.69) is 15.6 Å². The van der Waals surface area contributed by atoms with Gasteiger partial charge in [0.05, 0.1) is 18.5 Å². The zero-order chi connectivity index (χ0) is 16.8. The summed E-state index contributed by atoms with van der Waals surface area (Å²) in [5.41, 5.74) is 2.74. The van der Waals surface area contributed by atoms with E-state index in [0.29, 0.717) is 18.9 Å². The van der Waals surface area contributed by atoms with Gasteiger partial charge in [0.2, 0.25) is 0 Å². The highest BCUT2D eigenvalue weighted by atomic mass is 16.5. The third-order valence-corrected chi connectivity index (χ3v) is 3.47. The number of carbonyl (C=O) groups excluding carboxylic acids is 1. The van der Waals surface area contributed by atoms with Crippen molar-refractivity contribution in [3.05, 3.63) is 72.1 Å². The molecule has 0 bridgehead atoms. The second-order valence-corrected chi connectivity index (χ2v) is 5.13. The van der Waals surface area contributed by atoms with Gasteiger partial charge in [-0.05, 0) is 25.1 Å². The van der Waals surface area contributed by atoms with Gasteiger partial charge in [-0.15, -0.1) is 5.10 Å². The molecule has 6 heteroatoms. The summed E-state index contributed by atoms with van der Waals surface area (Å²) in [6.45, 7) is 3.00. The predicted octanol–water partition coefficient (Wildman–Crippen LogP) is 3.06. The minimum Gasteiger partial charge on any atom is -0.377 e. The lowest BCUT2D eigenvalue weighted by atomic mass is 10.2. The van der Waals surface area contributed by atoms with E-state index < -0.39 is 0 Å². The van der Waals surface area contributed by atoms with E-state index in [1.54, 1.807) is 10.9 Å². The van der Waals surface area contributed by atoms with Crippen LogP contribution >= 0.6 is 0 Å². The van der Waals surface area contributed by atoms with Gasteiger partial charge in [-0.1, -0.05) is 41.6 Å². The summed E-state index contributed by atoms with van der Waals surface area (Å²) in [6, 6.07) is 17.1. The first-order chi connectivity index (χ1) is 11.8. The van der Waals surface area contributed by atoms with E-state index in [0.717, 1.165) is 11.3 Å². The van der Waals surface area contributed by atoms with Gasteiger partial charge in [0, 0.05) is 17.9 Å². The molecule has 2 aromatic carbocycles. The quantitative estimate of drug-likeness (QED) is 0.757. The van der Waals surface area contributed by atoms with Gasteiger partial charge < -0.3 is 10.1 Å². The van der Waals surface area contributed by atoms with Crippen LogP contribution in [0, 0.1) is 0 Å². The Bertz CT molecular complexity index is 815. The smallest absolute Gasteiger partial charge is 0.277 e. The lowest BCUT2D eigenvalue weighted by molar-refractivity contribution is 0.102. The highest BCUT2D eigenvalue weighted by Gasteiger charge is 2.13. The molecule has 0 spiro atoms. The molecule has 0 radical (unpaired) electrons. The van der Waals surface area contributed by atoms with Crippen LogP contribution in [-0.2, 0) is 11.3 Å². The van der Waals surface area contributed by atoms with E-state index >= 15 is 0 Å². The van der Waals surface area contributed by atoms with E-state index in [4.69, 9.17) is 4.74 Å². The minimum absolute atomic E-state index is 0.255. The number of aromatic nitrogens is 3. The Kier molecular flexibility index (Phi) is 4.98. The molecule has 0 aliphatic rings. The lowest BCUT2D eigenvalue weighted by Crippen LogP contribution is -2.14. The molecular formula is C18H18N4O2. The van der Waals surface area contributed by atoms with Crippen molar-refractivity contribution in [3.8, 4) is 5.69 Å². The van der Waals surface area contributed by atoms with Crippen LogP contribution in [0.25, 0.3) is 5.69 Å². The standard InChI is InChI=1S/C18H18N4O2/c1-2-24-13-14-8-6-7-11-16(14)19-18(23)17-12-22(21-20-17)15-9-4-3-5-10-15/h3-12H,2,13H2,1H3,(H,19,23). The topological polar surface area (TPSA) is 69.0 Å². The van der Waals surface area contributed by atoms with E-state index in [9.17, 15) is 4.79 Å². The Hall–Kier alpha value is -2.99. The number of para-hydroxylation sites is 2. The van der Waals surface area contributed by atoms with Crippen molar-refractivity contribution in [2.75, 3.05) is 11.9 Å². The molecule has 3 aromatic rings. The van der Waals surface area contributed by atoms with Crippen molar-refractivity contribution >= 4 is 11.6 Å². The van der Waals surface area contributed by atoms with Crippen LogP contribution in [0.2, 0.25) is 0 Å². The molecule has 0 atom stereocenters. The molecule has 122 valence electrons. The number of nitrogens with zero attached hydrogens (tertiary/aromatic N) is 3. The van der Waals surface area contributed by atoms with Gasteiger partial charge in [-0.2, -0.15) is 0 Å². The van der Waals surface area contributed by atoms with Crippen molar-refractivity contribution in [1.82, 2.24) is 15.0 Å². The molecular weight excluding hydrogens is 304 g/mol. The molecule has 0 fully saturated rings. The van der Waals surface area contributed by atoms with Gasteiger partial charge in [0.15, 0.2) is 5.69 Å². The number of ether oxygens (including phenoxy) is 1. The van der Waals surface area contributed by atoms with Gasteiger partial charge in [0.25, 0.3) is 5.91 Å². The predicted molar refractivity (Wildman–Crippen MR) is 91.1 cm³/mol. The Balaban J connectivity index is 1.75. The highest BCUT2D eigenvalue weighted by molar-refractivity contribution is 6.03. The van der Waals surface area contributed by atoms with E-state index in [-0.39, 0.29) is 11.6 Å². The van der Waals surface area contributed by atoms with Crippen LogP contribution in [-0.4, -0.2) is 27.5 Å². The molecule has 0 aliphatic carbocycles. The Labute approximate surface area is 140 Å². The monoisotopic (exact) mass is 322 g/mol. The average molecular weight is 322 g/mol. The number of benzene rings is 2. The van der Waals surface area contributed by atoms with Crippen molar-refractivity contribution < 1.29 is 9.53 Å². The van der Waals surface area contributed by atoms with Crippen molar-refractivity contribution in [2.45, 2.75) is 13.5 Å². The average Bonchev–Trinajstić information content (AvgIpc) is 3.12. The maximum atomic E-state index is 12.4. The lowest BCUT2D eigenvalue weighted by Gasteiger charge is -2.09. The molecule has 24 heavy (non-hydrogen) atoms. The molecule has 3 rings (SSSR count). The molecule has 0 unspecified atom stereocenters. The van der Waals surface area contributed by atoms with Crippen molar-refractivity contribution in [2.24, 2.45) is 0 Å². The molecule has 0 saturated carbocycles. The van der Waals surface area contributed by atoms with Crippen LogP contribution < -0.4 is 5.32 Å². The van der Waals surface area contributed by atoms with E-state index in [1.165, 1.54) is 0 Å². The summed E-state index contributed by atoms with van der Waals surface area (Å²) < 4.78 is 7.00. The number of nitrogens with one attached hydrogen (secondary N) is 1. The third kappa shape index (κ3) is 3.67. The van der Waals surface area contributed by atoms with Gasteiger partial charge in [0.1, 0.15) is 0 Å². The largest absolute Gasteiger partial charge is 0.377 e. The number of rotatable bonds is 6. The SMILES string of the molecule is CCOCc1ccccc1NC(=O)c1cn(-c2ccccc2)nn1. The maximum absolute atomic E-state index is 12.4. The molecule has 1 N–H and O–H groups in total. The summed E-state index contributed by atoms with van der Waals surface area (Å²) >= 11 is 0. The highest BCUT2D eigenvalue weighted by Crippen LogP contribution is 2.17. The Morgan fingerprint density at radius 2 is 1.88 bits per heavy atom. The summed E-state index contributed by atoms with van der Waals surface area (Å²) in [7, 11) is 0. The first-order valence-electron chi connectivity index (χ1n) is 7.72. The fourth-order valence-electron chi connectivity index (χ4n) is 2.24. The van der Waals surface area contributed by atoms with Gasteiger partial charge in [-0.3, -0.25) is 4.79 Å². The second kappa shape index (κ2) is 7.52. The second-order valence-electron chi connectivity index (χ2n) is 5.13.